The highest BCUT2D eigenvalue weighted by molar-refractivity contribution is 5.93. The Hall–Kier alpha value is 0. The van der Waals surface area contributed by atoms with Crippen molar-refractivity contribution < 1.29 is 0 Å². The Balaban J connectivity index is 1.19. The van der Waals surface area contributed by atoms with Crippen LogP contribution in [0.15, 0.2) is 0 Å². The number of fused-ring (bicyclic) bond motifs is 8. The molecule has 0 bridgehead atoms. The van der Waals surface area contributed by atoms with E-state index < -0.39 is 0 Å². The Morgan fingerprint density at radius 3 is 2.18 bits per heavy atom. The monoisotopic (exact) mass is 358 g/mol. The summed E-state index contributed by atoms with van der Waals surface area (Å²) >= 11 is 0. The molecule has 24 atom stereocenters. The molecule has 134 valence electrons. The molecule has 18 saturated carbocycles. The molecule has 18 fully saturated rings. The van der Waals surface area contributed by atoms with E-state index in [0.29, 0.717) is 0 Å². The first-order valence-corrected chi connectivity index (χ1v) is 13.9. The van der Waals surface area contributed by atoms with Crippen molar-refractivity contribution in [2.45, 2.75) is 25.7 Å². The maximum Gasteiger partial charge on any atom is -0.00221 e. The fraction of sp³-hybridized carbons (Fsp3) is 1.00. The lowest BCUT2D eigenvalue weighted by molar-refractivity contribution is -1.01. The average molecular weight is 358 g/mol. The molecular weight excluding hydrogens is 336 g/mol. The number of rotatable bonds is 0. The van der Waals surface area contributed by atoms with Crippen LogP contribution in [0.1, 0.15) is 25.7 Å². The van der Waals surface area contributed by atoms with Gasteiger partial charge in [0, 0.05) is 0 Å². The van der Waals surface area contributed by atoms with Gasteiger partial charge < -0.3 is 0 Å². The van der Waals surface area contributed by atoms with E-state index in [9.17, 15) is 0 Å². The molecule has 0 radical (unpaired) electrons. The molecule has 28 heavy (non-hydrogen) atoms. The molecule has 24 unspecified atom stereocenters. The van der Waals surface area contributed by atoms with Gasteiger partial charge in [-0.15, -0.1) is 0 Å². The van der Waals surface area contributed by atoms with E-state index in [1.54, 1.807) is 19.3 Å². The Labute approximate surface area is 162 Å². The predicted octanol–water partition coefficient (Wildman–Crippen LogP) is 3.28. The minimum Gasteiger partial charge on any atom is -0.0461 e. The second-order valence-electron chi connectivity index (χ2n) is 17.3. The first kappa shape index (κ1) is 10.1. The van der Waals surface area contributed by atoms with E-state index in [0.717, 1.165) is 54.1 Å². The molecule has 0 aromatic rings. The van der Waals surface area contributed by atoms with Crippen molar-refractivity contribution in [3.63, 3.8) is 0 Å². The molecule has 0 amide bonds. The van der Waals surface area contributed by atoms with Crippen molar-refractivity contribution in [1.29, 1.82) is 0 Å². The van der Waals surface area contributed by atoms with Crippen LogP contribution < -0.4 is 0 Å². The smallest absolute Gasteiger partial charge is 0.00221 e. The van der Waals surface area contributed by atoms with Crippen LogP contribution in [0.5, 0.6) is 0 Å². The van der Waals surface area contributed by atoms with Crippen LogP contribution in [0.2, 0.25) is 0 Å². The Morgan fingerprint density at radius 1 is 0.464 bits per heavy atom. The molecule has 18 rings (SSSR count). The van der Waals surface area contributed by atoms with Crippen molar-refractivity contribution >= 4 is 0 Å². The molecule has 10 spiro atoms. The molecule has 0 N–H and O–H groups in total. The summed E-state index contributed by atoms with van der Waals surface area (Å²) in [7, 11) is 0. The van der Waals surface area contributed by atoms with Gasteiger partial charge in [-0.1, -0.05) is 0 Å². The highest BCUT2D eigenvalue weighted by Crippen LogP contribution is 3.49. The van der Waals surface area contributed by atoms with Crippen LogP contribution in [0, 0.1) is 137 Å². The summed E-state index contributed by atoms with van der Waals surface area (Å²) in [6.07, 6.45) is 7.18. The summed E-state index contributed by atoms with van der Waals surface area (Å²) in [6, 6.07) is 0. The maximum absolute atomic E-state index is 1.82. The van der Waals surface area contributed by atoms with Crippen LogP contribution in [0.25, 0.3) is 0 Å². The van der Waals surface area contributed by atoms with Gasteiger partial charge in [0.25, 0.3) is 0 Å². The fourth-order valence-corrected chi connectivity index (χ4v) is 27.0. The zero-order valence-corrected chi connectivity index (χ0v) is 15.9. The zero-order chi connectivity index (χ0) is 15.9. The summed E-state index contributed by atoms with van der Waals surface area (Å²) in [4.78, 5) is 0. The van der Waals surface area contributed by atoms with Crippen molar-refractivity contribution in [1.82, 2.24) is 0 Å². The van der Waals surface area contributed by atoms with Gasteiger partial charge in [0.2, 0.25) is 0 Å². The largest absolute Gasteiger partial charge is 0.0461 e. The lowest BCUT2D eigenvalue weighted by Crippen LogP contribution is -3.44. The maximum atomic E-state index is 1.82. The molecule has 18 aliphatic rings. The van der Waals surface area contributed by atoms with Crippen molar-refractivity contribution in [2.75, 3.05) is 0 Å². The van der Waals surface area contributed by atoms with Gasteiger partial charge in [-0.2, -0.15) is 0 Å². The molecule has 0 aromatic carbocycles. The topological polar surface area (TPSA) is 0 Å². The Morgan fingerprint density at radius 2 is 1.21 bits per heavy atom. The van der Waals surface area contributed by atoms with Gasteiger partial charge in [-0.05, 0) is 163 Å². The van der Waals surface area contributed by atoms with E-state index in [1.807, 2.05) is 6.42 Å². The quantitative estimate of drug-likeness (QED) is 0.623. The van der Waals surface area contributed by atoms with E-state index in [2.05, 4.69) is 0 Å². The van der Waals surface area contributed by atoms with Crippen LogP contribution in [0.4, 0.5) is 0 Å². The highest BCUT2D eigenvalue weighted by Gasteiger charge is 3.48. The summed E-state index contributed by atoms with van der Waals surface area (Å²) in [5.74, 6) is 18.9. The fourth-order valence-electron chi connectivity index (χ4n) is 27.0. The third-order valence-corrected chi connectivity index (χ3v) is 22.2. The van der Waals surface area contributed by atoms with Gasteiger partial charge in [-0.25, -0.2) is 0 Å². The highest BCUT2D eigenvalue weighted by atomic mass is 15.5. The van der Waals surface area contributed by atoms with Crippen LogP contribution >= 0.6 is 0 Å². The summed E-state index contributed by atoms with van der Waals surface area (Å²) in [6.45, 7) is 0. The van der Waals surface area contributed by atoms with Crippen LogP contribution in [-0.2, 0) is 0 Å². The average Bonchev–Trinajstić information content (AvgIpc) is 2.91. The van der Waals surface area contributed by atoms with E-state index in [4.69, 9.17) is 0 Å². The minimum atomic E-state index is 1.08. The second kappa shape index (κ2) is 1.62. The lowest BCUT2D eigenvalue weighted by atomic mass is 8.57. The second-order valence-corrected chi connectivity index (χ2v) is 17.3. The van der Waals surface area contributed by atoms with Gasteiger partial charge in [0.15, 0.2) is 0 Å². The minimum absolute atomic E-state index is 1.08. The molecule has 0 nitrogen and oxygen atoms in total. The van der Waals surface area contributed by atoms with Gasteiger partial charge in [0.1, 0.15) is 0 Å². The van der Waals surface area contributed by atoms with Gasteiger partial charge >= 0.3 is 0 Å². The van der Waals surface area contributed by atoms with E-state index in [-0.39, 0.29) is 0 Å². The molecule has 0 aromatic heterocycles. The Kier molecular flexibility index (Phi) is 0.585. The third kappa shape index (κ3) is 0.248. The molecule has 0 saturated heterocycles. The summed E-state index contributed by atoms with van der Waals surface area (Å²) in [5.41, 5.74) is 11.1. The molecule has 0 heteroatoms. The predicted molar refractivity (Wildman–Crippen MR) is 91.7 cm³/mol. The van der Waals surface area contributed by atoms with Gasteiger partial charge in [0.05, 0.1) is 0 Å². The Bertz CT molecular complexity index is 1420. The first-order valence-electron chi connectivity index (χ1n) is 13.9. The first-order chi connectivity index (χ1) is 13.9. The zero-order valence-electron chi connectivity index (χ0n) is 15.9. The van der Waals surface area contributed by atoms with Gasteiger partial charge in [-0.3, -0.25) is 0 Å². The van der Waals surface area contributed by atoms with Crippen molar-refractivity contribution in [3.05, 3.63) is 0 Å². The summed E-state index contributed by atoms with van der Waals surface area (Å²) < 4.78 is 0. The lowest BCUT2D eigenvalue weighted by Gasteiger charge is -3.45. The summed E-state index contributed by atoms with van der Waals surface area (Å²) in [5, 5.41) is 0. The van der Waals surface area contributed by atoms with Crippen LogP contribution in [-0.4, -0.2) is 0 Å². The van der Waals surface area contributed by atoms with Crippen molar-refractivity contribution in [2.24, 2.45) is 137 Å². The number of hydrogen-bond acceptors (Lipinski definition) is 0. The molecule has 0 heterocycles. The molecule has 18 aliphatic carbocycles. The molecule has 0 aliphatic heterocycles. The standard InChI is InChI=1S/C28H22/c1-5-13-9-3-11-16-15-12-4-10-14-8-2-7-6(1)20-17(5)23(13)21(9,11)26(16)25(15)22(10,12)24(14)19(7,8)18(20)27(24,25)28(20,23)26/h5-18H,1-4H2. The van der Waals surface area contributed by atoms with E-state index in [1.165, 1.54) is 82.9 Å². The van der Waals surface area contributed by atoms with Crippen LogP contribution in [0.3, 0.4) is 0 Å². The SMILES string of the molecule is C1C2C3CC4C5C6CC7C8C9C%10CC%11C%12C1C21C2C3%13C4C53C67C84C95C%11%10C%121C25C%1334. The number of hydrogen-bond donors (Lipinski definition) is 0. The third-order valence-electron chi connectivity index (χ3n) is 22.2. The normalized spacial score (nSPS) is 126. The molecular formula is C28H22. The van der Waals surface area contributed by atoms with Crippen molar-refractivity contribution in [3.8, 4) is 0 Å². The van der Waals surface area contributed by atoms with E-state index >= 15 is 0 Å².